The summed E-state index contributed by atoms with van der Waals surface area (Å²) in [6.45, 7) is 0. The van der Waals surface area contributed by atoms with Gasteiger partial charge in [0.05, 0.1) is 20.1 Å². The highest BCUT2D eigenvalue weighted by molar-refractivity contribution is 6.42. The molecule has 0 radical (unpaired) electrons. The Balaban J connectivity index is 1.73. The molecular weight excluding hydrogens is 482 g/mol. The number of nitrogens with one attached hydrogen (secondary N) is 6. The molecule has 0 unspecified atom stereocenters. The summed E-state index contributed by atoms with van der Waals surface area (Å²) in [4.78, 5) is 46.7. The van der Waals surface area contributed by atoms with Crippen LogP contribution in [0, 0.1) is 0 Å². The van der Waals surface area contributed by atoms with E-state index < -0.39 is 23.9 Å². The molecule has 0 aliphatic rings. The van der Waals surface area contributed by atoms with Crippen LogP contribution in [0.1, 0.15) is 0 Å². The lowest BCUT2D eigenvalue weighted by Crippen LogP contribution is -2.54. The summed E-state index contributed by atoms with van der Waals surface area (Å²) in [6.07, 6.45) is 0. The number of carbonyl (C=O) groups excluding carboxylic acids is 4. The Morgan fingerprint density at radius 2 is 0.900 bits per heavy atom. The number of benzene rings is 2. The Hall–Kier alpha value is -2.92. The number of rotatable bonds is 2. The van der Waals surface area contributed by atoms with Gasteiger partial charge in [0.1, 0.15) is 0 Å². The lowest BCUT2D eigenvalue weighted by Gasteiger charge is -2.11. The lowest BCUT2D eigenvalue weighted by molar-refractivity contribution is -0.140. The van der Waals surface area contributed by atoms with E-state index in [0.29, 0.717) is 21.4 Å². The molecule has 30 heavy (non-hydrogen) atoms. The maximum atomic E-state index is 11.7. The van der Waals surface area contributed by atoms with Crippen molar-refractivity contribution in [1.82, 2.24) is 21.7 Å². The largest absolute Gasteiger partial charge is 0.337 e. The molecule has 2 aromatic carbocycles. The fraction of sp³-hybridized carbons (Fsp3) is 0. The third-order valence-corrected chi connectivity index (χ3v) is 4.62. The quantitative estimate of drug-likeness (QED) is 0.282. The number of anilines is 2. The summed E-state index contributed by atoms with van der Waals surface area (Å²) in [5, 5.41) is 5.71. The van der Waals surface area contributed by atoms with Crippen LogP contribution in [0.2, 0.25) is 20.1 Å². The van der Waals surface area contributed by atoms with Crippen molar-refractivity contribution in [3.05, 3.63) is 56.5 Å². The van der Waals surface area contributed by atoms with Crippen molar-refractivity contribution in [2.45, 2.75) is 0 Å². The lowest BCUT2D eigenvalue weighted by atomic mass is 10.3. The average molecular weight is 494 g/mol. The fourth-order valence-electron chi connectivity index (χ4n) is 1.81. The topological polar surface area (TPSA) is 140 Å². The maximum Gasteiger partial charge on any atom is 0.337 e. The van der Waals surface area contributed by atoms with Crippen molar-refractivity contribution in [2.24, 2.45) is 0 Å². The predicted molar refractivity (Wildman–Crippen MR) is 114 cm³/mol. The van der Waals surface area contributed by atoms with E-state index in [1.165, 1.54) is 36.4 Å². The van der Waals surface area contributed by atoms with Crippen LogP contribution >= 0.6 is 46.4 Å². The first-order chi connectivity index (χ1) is 14.2. The number of carbonyl (C=O) groups is 4. The molecule has 2 rings (SSSR count). The van der Waals surface area contributed by atoms with Crippen LogP contribution in [0.4, 0.5) is 21.0 Å². The summed E-state index contributed by atoms with van der Waals surface area (Å²) in [6, 6.07) is 6.90. The highest BCUT2D eigenvalue weighted by atomic mass is 35.5. The second-order valence-corrected chi connectivity index (χ2v) is 6.95. The Labute approximate surface area is 189 Å². The molecule has 10 nitrogen and oxygen atoms in total. The van der Waals surface area contributed by atoms with Crippen LogP contribution in [-0.2, 0) is 9.59 Å². The molecule has 14 heteroatoms. The summed E-state index contributed by atoms with van der Waals surface area (Å²) < 4.78 is 0. The van der Waals surface area contributed by atoms with Gasteiger partial charge >= 0.3 is 23.9 Å². The highest BCUT2D eigenvalue weighted by Gasteiger charge is 2.15. The van der Waals surface area contributed by atoms with Gasteiger partial charge in [-0.15, -0.1) is 0 Å². The second kappa shape index (κ2) is 10.7. The number of hydrazine groups is 2. The predicted octanol–water partition coefficient (Wildman–Crippen LogP) is 3.31. The SMILES string of the molecule is O=C(NNC(=O)C(=O)NNC(=O)Nc1ccc(Cl)c(Cl)c1)Nc1ccc(Cl)c(Cl)c1. The number of halogens is 4. The second-order valence-electron chi connectivity index (χ2n) is 5.32. The van der Waals surface area contributed by atoms with Gasteiger partial charge in [-0.05, 0) is 36.4 Å². The first kappa shape index (κ1) is 23.4. The van der Waals surface area contributed by atoms with Gasteiger partial charge in [0.15, 0.2) is 0 Å². The van der Waals surface area contributed by atoms with E-state index in [2.05, 4.69) is 10.6 Å². The summed E-state index contributed by atoms with van der Waals surface area (Å²) >= 11 is 23.1. The zero-order valence-electron chi connectivity index (χ0n) is 14.6. The van der Waals surface area contributed by atoms with Gasteiger partial charge in [0.2, 0.25) is 0 Å². The molecule has 0 fully saturated rings. The van der Waals surface area contributed by atoms with E-state index in [4.69, 9.17) is 46.4 Å². The normalized spacial score (nSPS) is 9.87. The van der Waals surface area contributed by atoms with Crippen LogP contribution in [0.15, 0.2) is 36.4 Å². The zero-order chi connectivity index (χ0) is 22.3. The third-order valence-electron chi connectivity index (χ3n) is 3.14. The van der Waals surface area contributed by atoms with Crippen molar-refractivity contribution >= 4 is 81.7 Å². The van der Waals surface area contributed by atoms with Gasteiger partial charge < -0.3 is 10.6 Å². The third kappa shape index (κ3) is 7.16. The number of amides is 6. The molecule has 0 saturated carbocycles. The molecule has 0 saturated heterocycles. The monoisotopic (exact) mass is 492 g/mol. The van der Waals surface area contributed by atoms with Crippen molar-refractivity contribution in [3.63, 3.8) is 0 Å². The molecular formula is C16H12Cl4N6O4. The molecule has 0 aliphatic carbocycles. The number of hydrogen-bond acceptors (Lipinski definition) is 4. The van der Waals surface area contributed by atoms with Gasteiger partial charge in [-0.3, -0.25) is 20.4 Å². The summed E-state index contributed by atoms with van der Waals surface area (Å²) in [5.41, 5.74) is 8.15. The maximum absolute atomic E-state index is 11.7. The highest BCUT2D eigenvalue weighted by Crippen LogP contribution is 2.25. The van der Waals surface area contributed by atoms with Crippen LogP contribution < -0.4 is 32.3 Å². The van der Waals surface area contributed by atoms with Crippen LogP contribution in [0.3, 0.4) is 0 Å². The van der Waals surface area contributed by atoms with Crippen molar-refractivity contribution in [3.8, 4) is 0 Å². The average Bonchev–Trinajstić information content (AvgIpc) is 2.70. The molecule has 0 heterocycles. The molecule has 158 valence electrons. The van der Waals surface area contributed by atoms with E-state index >= 15 is 0 Å². The first-order valence-corrected chi connectivity index (χ1v) is 9.31. The molecule has 0 aliphatic heterocycles. The zero-order valence-corrected chi connectivity index (χ0v) is 17.6. The minimum absolute atomic E-state index is 0.211. The minimum atomic E-state index is -1.26. The smallest absolute Gasteiger partial charge is 0.307 e. The molecule has 6 N–H and O–H groups in total. The first-order valence-electron chi connectivity index (χ1n) is 7.80. The van der Waals surface area contributed by atoms with Gasteiger partial charge in [-0.25, -0.2) is 20.4 Å². The van der Waals surface area contributed by atoms with E-state index in [0.717, 1.165) is 0 Å². The minimum Gasteiger partial charge on any atom is -0.307 e. The van der Waals surface area contributed by atoms with Crippen LogP contribution in [0.5, 0.6) is 0 Å². The molecule has 2 aromatic rings. The van der Waals surface area contributed by atoms with Crippen LogP contribution in [0.25, 0.3) is 0 Å². The van der Waals surface area contributed by atoms with E-state index in [9.17, 15) is 19.2 Å². The molecule has 0 aromatic heterocycles. The molecule has 0 spiro atoms. The van der Waals surface area contributed by atoms with Crippen molar-refractivity contribution in [2.75, 3.05) is 10.6 Å². The van der Waals surface area contributed by atoms with Gasteiger partial charge in [-0.2, -0.15) is 0 Å². The summed E-state index contributed by atoms with van der Waals surface area (Å²) in [7, 11) is 0. The number of hydrogen-bond donors (Lipinski definition) is 6. The van der Waals surface area contributed by atoms with Gasteiger partial charge in [0.25, 0.3) is 0 Å². The van der Waals surface area contributed by atoms with E-state index in [-0.39, 0.29) is 10.0 Å². The van der Waals surface area contributed by atoms with Crippen molar-refractivity contribution < 1.29 is 19.2 Å². The Morgan fingerprint density at radius 3 is 1.23 bits per heavy atom. The van der Waals surface area contributed by atoms with E-state index in [1.54, 1.807) is 0 Å². The summed E-state index contributed by atoms with van der Waals surface area (Å²) in [5.74, 6) is -2.51. The Morgan fingerprint density at radius 1 is 0.533 bits per heavy atom. The number of urea groups is 2. The molecule has 0 atom stereocenters. The van der Waals surface area contributed by atoms with Gasteiger partial charge in [-0.1, -0.05) is 46.4 Å². The standard InChI is InChI=1S/C16H12Cl4N6O4/c17-9-3-1-7(5-11(9)19)21-15(29)25-23-13(27)14(28)24-26-16(30)22-8-2-4-10(18)12(20)6-8/h1-6H,(H,23,27)(H,24,28)(H2,21,25,29)(H2,22,26,30). The molecule has 0 bridgehead atoms. The molecule has 6 amide bonds. The van der Waals surface area contributed by atoms with Gasteiger partial charge in [0, 0.05) is 11.4 Å². The fourth-order valence-corrected chi connectivity index (χ4v) is 2.41. The van der Waals surface area contributed by atoms with E-state index in [1.807, 2.05) is 21.7 Å². The van der Waals surface area contributed by atoms with Crippen LogP contribution in [-0.4, -0.2) is 23.9 Å². The Kier molecular flexibility index (Phi) is 8.36. The Bertz CT molecular complexity index is 924. The van der Waals surface area contributed by atoms with Crippen molar-refractivity contribution in [1.29, 1.82) is 0 Å².